The fourth-order valence-electron chi connectivity index (χ4n) is 2.01. The molecule has 0 bridgehead atoms. The largest absolute Gasteiger partial charge is 0.457 e. The van der Waals surface area contributed by atoms with Gasteiger partial charge in [0.05, 0.1) is 10.7 Å². The number of halogens is 1. The highest BCUT2D eigenvalue weighted by molar-refractivity contribution is 6.33. The number of nitrogens with two attached hydrogens (primary N) is 1. The number of rotatable bonds is 4. The molecule has 3 rings (SSSR count). The summed E-state index contributed by atoms with van der Waals surface area (Å²) >= 11 is 6.31. The molecule has 0 unspecified atom stereocenters. The number of nitrogens with one attached hydrogen (secondary N) is 1. The second kappa shape index (κ2) is 6.41. The van der Waals surface area contributed by atoms with E-state index >= 15 is 0 Å². The van der Waals surface area contributed by atoms with Gasteiger partial charge in [0, 0.05) is 17.4 Å². The first-order chi connectivity index (χ1) is 10.7. The van der Waals surface area contributed by atoms with Crippen LogP contribution in [0.25, 0.3) is 0 Å². The quantitative estimate of drug-likeness (QED) is 0.629. The van der Waals surface area contributed by atoms with Crippen molar-refractivity contribution in [3.63, 3.8) is 0 Å². The van der Waals surface area contributed by atoms with E-state index in [-0.39, 0.29) is 0 Å². The first-order valence-corrected chi connectivity index (χ1v) is 7.23. The van der Waals surface area contributed by atoms with Crippen molar-refractivity contribution < 1.29 is 4.74 Å². The van der Waals surface area contributed by atoms with E-state index in [1.165, 1.54) is 0 Å². The Hall–Kier alpha value is -2.65. The molecule has 4 heteroatoms. The van der Waals surface area contributed by atoms with Crippen molar-refractivity contribution in [2.24, 2.45) is 0 Å². The van der Waals surface area contributed by atoms with Crippen molar-refractivity contribution in [1.82, 2.24) is 0 Å². The lowest BCUT2D eigenvalue weighted by molar-refractivity contribution is 0.483. The molecule has 3 nitrogen and oxygen atoms in total. The van der Waals surface area contributed by atoms with Gasteiger partial charge in [-0.2, -0.15) is 0 Å². The van der Waals surface area contributed by atoms with Crippen LogP contribution >= 0.6 is 11.6 Å². The highest BCUT2D eigenvalue weighted by atomic mass is 35.5. The van der Waals surface area contributed by atoms with Gasteiger partial charge in [-0.1, -0.05) is 29.8 Å². The van der Waals surface area contributed by atoms with Crippen molar-refractivity contribution in [2.45, 2.75) is 0 Å². The number of para-hydroxylation sites is 1. The van der Waals surface area contributed by atoms with Crippen molar-refractivity contribution in [3.05, 3.63) is 77.8 Å². The van der Waals surface area contributed by atoms with Gasteiger partial charge in [-0.05, 0) is 48.5 Å². The Morgan fingerprint density at radius 3 is 2.18 bits per heavy atom. The van der Waals surface area contributed by atoms with E-state index in [2.05, 4.69) is 5.32 Å². The van der Waals surface area contributed by atoms with E-state index in [1.54, 1.807) is 18.2 Å². The van der Waals surface area contributed by atoms with Gasteiger partial charge in [0.15, 0.2) is 0 Å². The van der Waals surface area contributed by atoms with Crippen molar-refractivity contribution in [3.8, 4) is 11.5 Å². The summed E-state index contributed by atoms with van der Waals surface area (Å²) in [6.07, 6.45) is 0. The molecule has 22 heavy (non-hydrogen) atoms. The first-order valence-electron chi connectivity index (χ1n) is 6.86. The Balaban J connectivity index is 1.75. The molecule has 3 aromatic carbocycles. The van der Waals surface area contributed by atoms with Crippen LogP contribution in [-0.2, 0) is 0 Å². The van der Waals surface area contributed by atoms with Gasteiger partial charge in [-0.25, -0.2) is 0 Å². The Labute approximate surface area is 134 Å². The van der Waals surface area contributed by atoms with Gasteiger partial charge < -0.3 is 15.8 Å². The van der Waals surface area contributed by atoms with Gasteiger partial charge in [0.25, 0.3) is 0 Å². The summed E-state index contributed by atoms with van der Waals surface area (Å²) < 4.78 is 5.75. The average Bonchev–Trinajstić information content (AvgIpc) is 2.53. The number of hydrogen-bond donors (Lipinski definition) is 2. The van der Waals surface area contributed by atoms with E-state index in [0.29, 0.717) is 22.2 Å². The molecule has 0 saturated heterocycles. The lowest BCUT2D eigenvalue weighted by atomic mass is 10.2. The monoisotopic (exact) mass is 310 g/mol. The number of anilines is 3. The molecule has 0 aromatic heterocycles. The lowest BCUT2D eigenvalue weighted by Gasteiger charge is -2.11. The van der Waals surface area contributed by atoms with Crippen molar-refractivity contribution >= 4 is 28.7 Å². The van der Waals surface area contributed by atoms with Crippen LogP contribution in [-0.4, -0.2) is 0 Å². The third-order valence-electron chi connectivity index (χ3n) is 3.11. The number of ether oxygens (including phenoxy) is 1. The van der Waals surface area contributed by atoms with Gasteiger partial charge in [0.2, 0.25) is 0 Å². The van der Waals surface area contributed by atoms with E-state index in [4.69, 9.17) is 22.1 Å². The van der Waals surface area contributed by atoms with Crippen LogP contribution in [0.1, 0.15) is 0 Å². The van der Waals surface area contributed by atoms with Crippen LogP contribution in [0, 0.1) is 0 Å². The molecule has 3 aromatic rings. The van der Waals surface area contributed by atoms with Gasteiger partial charge >= 0.3 is 0 Å². The topological polar surface area (TPSA) is 47.3 Å². The summed E-state index contributed by atoms with van der Waals surface area (Å²) in [6.45, 7) is 0. The fourth-order valence-corrected chi connectivity index (χ4v) is 2.23. The Morgan fingerprint density at radius 2 is 1.50 bits per heavy atom. The van der Waals surface area contributed by atoms with Crippen LogP contribution in [0.2, 0.25) is 5.02 Å². The minimum atomic E-state index is 0.594. The van der Waals surface area contributed by atoms with Crippen LogP contribution in [0.4, 0.5) is 17.1 Å². The molecule has 0 atom stereocenters. The molecule has 110 valence electrons. The standard InChI is InChI=1S/C18H15ClN2O/c19-17-12-16(22-15-8-6-13(20)7-9-15)10-11-18(17)21-14-4-2-1-3-5-14/h1-12,21H,20H2. The Kier molecular flexibility index (Phi) is 4.17. The summed E-state index contributed by atoms with van der Waals surface area (Å²) in [5.74, 6) is 1.39. The van der Waals surface area contributed by atoms with E-state index in [0.717, 1.165) is 11.4 Å². The zero-order chi connectivity index (χ0) is 15.4. The maximum atomic E-state index is 6.31. The first kappa shape index (κ1) is 14.3. The van der Waals surface area contributed by atoms with Crippen LogP contribution in [0.5, 0.6) is 11.5 Å². The predicted molar refractivity (Wildman–Crippen MR) is 92.1 cm³/mol. The minimum Gasteiger partial charge on any atom is -0.457 e. The van der Waals surface area contributed by atoms with Gasteiger partial charge in [-0.15, -0.1) is 0 Å². The molecule has 0 radical (unpaired) electrons. The van der Waals surface area contributed by atoms with Gasteiger partial charge in [0.1, 0.15) is 11.5 Å². The summed E-state index contributed by atoms with van der Waals surface area (Å²) in [5, 5.41) is 3.86. The molecule has 0 aliphatic carbocycles. The Bertz CT molecular complexity index is 758. The number of nitrogen functional groups attached to an aromatic ring is 1. The molecular formula is C18H15ClN2O. The summed E-state index contributed by atoms with van der Waals surface area (Å²) in [7, 11) is 0. The summed E-state index contributed by atoms with van der Waals surface area (Å²) in [4.78, 5) is 0. The molecule has 0 spiro atoms. The zero-order valence-corrected chi connectivity index (χ0v) is 12.5. The second-order valence-electron chi connectivity index (χ2n) is 4.80. The van der Waals surface area contributed by atoms with Crippen LogP contribution in [0.15, 0.2) is 72.8 Å². The smallest absolute Gasteiger partial charge is 0.129 e. The molecule has 0 saturated carbocycles. The Morgan fingerprint density at radius 1 is 0.818 bits per heavy atom. The highest BCUT2D eigenvalue weighted by Gasteiger charge is 2.04. The molecule has 0 heterocycles. The highest BCUT2D eigenvalue weighted by Crippen LogP contribution is 2.31. The maximum Gasteiger partial charge on any atom is 0.129 e. The second-order valence-corrected chi connectivity index (χ2v) is 5.21. The molecular weight excluding hydrogens is 296 g/mol. The maximum absolute atomic E-state index is 6.31. The van der Waals surface area contributed by atoms with Crippen LogP contribution in [0.3, 0.4) is 0 Å². The van der Waals surface area contributed by atoms with E-state index < -0.39 is 0 Å². The number of hydrogen-bond acceptors (Lipinski definition) is 3. The molecule has 3 N–H and O–H groups in total. The SMILES string of the molecule is Nc1ccc(Oc2ccc(Nc3ccccc3)c(Cl)c2)cc1. The number of benzene rings is 3. The van der Waals surface area contributed by atoms with Crippen molar-refractivity contribution in [1.29, 1.82) is 0 Å². The minimum absolute atomic E-state index is 0.594. The molecule has 0 aliphatic rings. The average molecular weight is 311 g/mol. The fraction of sp³-hybridized carbons (Fsp3) is 0. The third-order valence-corrected chi connectivity index (χ3v) is 3.42. The summed E-state index contributed by atoms with van der Waals surface area (Å²) in [5.41, 5.74) is 8.17. The molecule has 0 aliphatic heterocycles. The normalized spacial score (nSPS) is 10.2. The third kappa shape index (κ3) is 3.51. The predicted octanol–water partition coefficient (Wildman–Crippen LogP) is 5.46. The lowest BCUT2D eigenvalue weighted by Crippen LogP contribution is -1.92. The van der Waals surface area contributed by atoms with E-state index in [1.807, 2.05) is 54.6 Å². The van der Waals surface area contributed by atoms with Crippen LogP contribution < -0.4 is 15.8 Å². The van der Waals surface area contributed by atoms with Crippen molar-refractivity contribution in [2.75, 3.05) is 11.1 Å². The molecule has 0 fully saturated rings. The summed E-state index contributed by atoms with van der Waals surface area (Å²) in [6, 6.07) is 22.6. The zero-order valence-electron chi connectivity index (χ0n) is 11.8. The molecule has 0 amide bonds. The van der Waals surface area contributed by atoms with Gasteiger partial charge in [-0.3, -0.25) is 0 Å². The van der Waals surface area contributed by atoms with E-state index in [9.17, 15) is 0 Å².